The molecule has 0 atom stereocenters. The van der Waals surface area contributed by atoms with E-state index in [4.69, 9.17) is 0 Å². The minimum atomic E-state index is -0.0947. The Morgan fingerprint density at radius 1 is 0.486 bits per heavy atom. The van der Waals surface area contributed by atoms with Gasteiger partial charge in [0.15, 0.2) is 11.6 Å². The van der Waals surface area contributed by atoms with E-state index < -0.39 is 0 Å². The summed E-state index contributed by atoms with van der Waals surface area (Å²) in [6.07, 6.45) is 0. The maximum Gasteiger partial charge on any atom is 0.195 e. The lowest BCUT2D eigenvalue weighted by atomic mass is 9.75. The molecule has 5 aromatic carbocycles. The van der Waals surface area contributed by atoms with Crippen molar-refractivity contribution in [1.82, 2.24) is 0 Å². The van der Waals surface area contributed by atoms with E-state index in [-0.39, 0.29) is 11.6 Å². The molecule has 1 aliphatic rings. The molecule has 0 N–H and O–H groups in total. The first-order chi connectivity index (χ1) is 17.2. The molecule has 35 heavy (non-hydrogen) atoms. The van der Waals surface area contributed by atoms with Gasteiger partial charge in [0.1, 0.15) is 0 Å². The summed E-state index contributed by atoms with van der Waals surface area (Å²) < 4.78 is 0. The Hall–Kier alpha value is -4.34. The van der Waals surface area contributed by atoms with E-state index in [9.17, 15) is 9.59 Å². The maximum absolute atomic E-state index is 14.3. The van der Waals surface area contributed by atoms with Crippen LogP contribution in [0.25, 0.3) is 43.1 Å². The molecule has 3 heteroatoms. The van der Waals surface area contributed by atoms with Crippen molar-refractivity contribution in [2.45, 2.75) is 0 Å². The average molecular weight is 467 g/mol. The van der Waals surface area contributed by atoms with E-state index >= 15 is 0 Å². The van der Waals surface area contributed by atoms with E-state index in [2.05, 4.69) is 12.1 Å². The zero-order valence-corrected chi connectivity index (χ0v) is 19.4. The van der Waals surface area contributed by atoms with Gasteiger partial charge in [-0.05, 0) is 50.7 Å². The smallest absolute Gasteiger partial charge is 0.195 e. The molecule has 0 amide bonds. The largest absolute Gasteiger partial charge is 0.289 e. The monoisotopic (exact) mass is 466 g/mol. The Bertz CT molecular complexity index is 1810. The number of fused-ring (bicyclic) bond motifs is 4. The first-order valence-corrected chi connectivity index (χ1v) is 12.4. The van der Waals surface area contributed by atoms with E-state index in [0.29, 0.717) is 22.3 Å². The summed E-state index contributed by atoms with van der Waals surface area (Å²) >= 11 is 1.59. The highest BCUT2D eigenvalue weighted by molar-refractivity contribution is 7.13. The summed E-state index contributed by atoms with van der Waals surface area (Å²) in [6.45, 7) is 0. The molecule has 1 heterocycles. The van der Waals surface area contributed by atoms with Gasteiger partial charge in [-0.1, -0.05) is 84.9 Å². The van der Waals surface area contributed by atoms with Crippen molar-refractivity contribution in [3.05, 3.63) is 131 Å². The van der Waals surface area contributed by atoms with Crippen molar-refractivity contribution < 1.29 is 9.59 Å². The normalized spacial score (nSPS) is 12.7. The van der Waals surface area contributed by atoms with Crippen LogP contribution in [0.15, 0.2) is 109 Å². The Balaban J connectivity index is 1.68. The van der Waals surface area contributed by atoms with Crippen LogP contribution in [0, 0.1) is 0 Å². The fraction of sp³-hybridized carbons (Fsp3) is 0. The molecule has 1 aromatic heterocycles. The number of ketones is 2. The molecule has 1 aliphatic carbocycles. The summed E-state index contributed by atoms with van der Waals surface area (Å²) in [5.74, 6) is -0.186. The number of hydrogen-bond acceptors (Lipinski definition) is 3. The van der Waals surface area contributed by atoms with Crippen molar-refractivity contribution in [1.29, 1.82) is 0 Å². The number of rotatable bonds is 2. The third kappa shape index (κ3) is 2.89. The van der Waals surface area contributed by atoms with Crippen LogP contribution in [-0.4, -0.2) is 11.6 Å². The first kappa shape index (κ1) is 20.1. The minimum absolute atomic E-state index is 0.0910. The van der Waals surface area contributed by atoms with Gasteiger partial charge >= 0.3 is 0 Å². The molecule has 0 aliphatic heterocycles. The van der Waals surface area contributed by atoms with Crippen LogP contribution in [0.4, 0.5) is 0 Å². The number of thiophene rings is 1. The second-order valence-electron chi connectivity index (χ2n) is 8.79. The van der Waals surface area contributed by atoms with Crippen LogP contribution in [-0.2, 0) is 0 Å². The van der Waals surface area contributed by atoms with E-state index in [1.807, 2.05) is 96.4 Å². The van der Waals surface area contributed by atoms with Gasteiger partial charge in [-0.25, -0.2) is 0 Å². The van der Waals surface area contributed by atoms with Gasteiger partial charge in [0, 0.05) is 38.3 Å². The quantitative estimate of drug-likeness (QED) is 0.257. The number of hydrogen-bond donors (Lipinski definition) is 0. The van der Waals surface area contributed by atoms with Crippen LogP contribution < -0.4 is 0 Å². The topological polar surface area (TPSA) is 34.1 Å². The van der Waals surface area contributed by atoms with Crippen molar-refractivity contribution >= 4 is 44.4 Å². The molecule has 0 fully saturated rings. The highest BCUT2D eigenvalue weighted by atomic mass is 32.1. The van der Waals surface area contributed by atoms with Gasteiger partial charge in [-0.3, -0.25) is 9.59 Å². The summed E-state index contributed by atoms with van der Waals surface area (Å²) in [7, 11) is 0. The Morgan fingerprint density at radius 3 is 1.63 bits per heavy atom. The second kappa shape index (κ2) is 7.59. The standard InChI is InChI=1S/C32H18O2S/c33-31-24-17-20-11-4-5-12-21(20)18-25(24)32(34)30-28(26-15-8-16-35-26)23-14-7-6-13-22(23)27(29(30)31)19-9-2-1-3-10-19/h1-18H. The van der Waals surface area contributed by atoms with Crippen LogP contribution >= 0.6 is 11.3 Å². The molecule has 0 unspecified atom stereocenters. The number of benzene rings is 5. The van der Waals surface area contributed by atoms with Crippen molar-refractivity contribution in [2.75, 3.05) is 0 Å². The third-order valence-electron chi connectivity index (χ3n) is 6.88. The molecule has 0 saturated heterocycles. The number of carbonyl (C=O) groups is 2. The summed E-state index contributed by atoms with van der Waals surface area (Å²) in [5.41, 5.74) is 4.59. The lowest BCUT2D eigenvalue weighted by molar-refractivity contribution is 0.0980. The average Bonchev–Trinajstić information content (AvgIpc) is 3.44. The van der Waals surface area contributed by atoms with Gasteiger partial charge in [-0.2, -0.15) is 0 Å². The SMILES string of the molecule is O=C1c2cc3ccccc3cc2C(=O)c2c1c(-c1ccccc1)c1ccccc1c2-c1cccs1. The van der Waals surface area contributed by atoms with E-state index in [0.717, 1.165) is 43.1 Å². The van der Waals surface area contributed by atoms with Crippen molar-refractivity contribution in [3.8, 4) is 21.6 Å². The molecule has 7 rings (SSSR count). The lowest BCUT2D eigenvalue weighted by Gasteiger charge is -2.26. The zero-order chi connectivity index (χ0) is 23.5. The Kier molecular flexibility index (Phi) is 4.35. The predicted octanol–water partition coefficient (Wildman–Crippen LogP) is 8.16. The number of carbonyl (C=O) groups excluding carboxylic acids is 2. The van der Waals surface area contributed by atoms with Crippen LogP contribution in [0.3, 0.4) is 0 Å². The molecule has 0 saturated carbocycles. The van der Waals surface area contributed by atoms with E-state index in [1.54, 1.807) is 11.3 Å². The molecule has 0 radical (unpaired) electrons. The second-order valence-corrected chi connectivity index (χ2v) is 9.74. The summed E-state index contributed by atoms with van der Waals surface area (Å²) in [4.78, 5) is 29.6. The molecule has 164 valence electrons. The predicted molar refractivity (Wildman–Crippen MR) is 144 cm³/mol. The molecule has 0 spiro atoms. The zero-order valence-electron chi connectivity index (χ0n) is 18.6. The Labute approximate surface area is 206 Å². The summed E-state index contributed by atoms with van der Waals surface area (Å²) in [5, 5.41) is 5.89. The molecular formula is C32H18O2S. The van der Waals surface area contributed by atoms with E-state index in [1.165, 1.54) is 0 Å². The van der Waals surface area contributed by atoms with Crippen molar-refractivity contribution in [3.63, 3.8) is 0 Å². The van der Waals surface area contributed by atoms with Crippen LogP contribution in [0.5, 0.6) is 0 Å². The molecule has 2 nitrogen and oxygen atoms in total. The fourth-order valence-corrected chi connectivity index (χ4v) is 6.15. The summed E-state index contributed by atoms with van der Waals surface area (Å²) in [6, 6.07) is 33.7. The van der Waals surface area contributed by atoms with Gasteiger partial charge in [0.05, 0.1) is 0 Å². The first-order valence-electron chi connectivity index (χ1n) is 11.5. The van der Waals surface area contributed by atoms with Crippen LogP contribution in [0.2, 0.25) is 0 Å². The highest BCUT2D eigenvalue weighted by Crippen LogP contribution is 2.47. The van der Waals surface area contributed by atoms with Gasteiger partial charge in [-0.15, -0.1) is 11.3 Å². The third-order valence-corrected chi connectivity index (χ3v) is 7.76. The van der Waals surface area contributed by atoms with Gasteiger partial charge in [0.25, 0.3) is 0 Å². The Morgan fingerprint density at radius 2 is 1.03 bits per heavy atom. The highest BCUT2D eigenvalue weighted by Gasteiger charge is 2.36. The van der Waals surface area contributed by atoms with Gasteiger partial charge < -0.3 is 0 Å². The van der Waals surface area contributed by atoms with Crippen molar-refractivity contribution in [2.24, 2.45) is 0 Å². The minimum Gasteiger partial charge on any atom is -0.289 e. The maximum atomic E-state index is 14.3. The van der Waals surface area contributed by atoms with Gasteiger partial charge in [0.2, 0.25) is 0 Å². The fourth-order valence-electron chi connectivity index (χ4n) is 5.36. The molecule has 6 aromatic rings. The van der Waals surface area contributed by atoms with Crippen LogP contribution in [0.1, 0.15) is 31.8 Å². The molecule has 0 bridgehead atoms. The lowest BCUT2D eigenvalue weighted by Crippen LogP contribution is -2.23. The molecular weight excluding hydrogens is 448 g/mol.